The summed E-state index contributed by atoms with van der Waals surface area (Å²) >= 11 is 3.26. The normalized spacial score (nSPS) is 10.4. The van der Waals surface area contributed by atoms with Crippen LogP contribution < -0.4 is 0 Å². The van der Waals surface area contributed by atoms with Gasteiger partial charge in [-0.3, -0.25) is 0 Å². The Morgan fingerprint density at radius 1 is 1.29 bits per heavy atom. The van der Waals surface area contributed by atoms with Crippen LogP contribution in [0.25, 0.3) is 0 Å². The van der Waals surface area contributed by atoms with Gasteiger partial charge in [-0.1, -0.05) is 29.8 Å². The van der Waals surface area contributed by atoms with Crippen LogP contribution in [0.4, 0.5) is 0 Å². The van der Waals surface area contributed by atoms with Crippen molar-refractivity contribution in [3.8, 4) is 0 Å². The second kappa shape index (κ2) is 3.92. The van der Waals surface area contributed by atoms with E-state index in [1.54, 1.807) is 11.0 Å². The molecule has 1 aromatic carbocycles. The number of benzene rings is 1. The van der Waals surface area contributed by atoms with E-state index in [4.69, 9.17) is 0 Å². The number of hydrogen-bond donors (Lipinski definition) is 0. The van der Waals surface area contributed by atoms with Gasteiger partial charge in [0, 0.05) is 0 Å². The summed E-state index contributed by atoms with van der Waals surface area (Å²) in [5.74, 6) is 0. The molecule has 0 unspecified atom stereocenters. The van der Waals surface area contributed by atoms with Crippen LogP contribution in [-0.2, 0) is 6.54 Å². The zero-order valence-corrected chi connectivity index (χ0v) is 9.40. The molecule has 0 bridgehead atoms. The molecule has 2 aromatic rings. The molecule has 3 nitrogen and oxygen atoms in total. The predicted octanol–water partition coefficient (Wildman–Crippen LogP) is 2.40. The lowest BCUT2D eigenvalue weighted by atomic mass is 10.1. The smallest absolute Gasteiger partial charge is 0.148 e. The Kier molecular flexibility index (Phi) is 2.63. The monoisotopic (exact) mass is 251 g/mol. The zero-order valence-electron chi connectivity index (χ0n) is 7.81. The minimum Gasteiger partial charge on any atom is -0.179 e. The molecule has 2 rings (SSSR count). The van der Waals surface area contributed by atoms with E-state index in [0.29, 0.717) is 6.54 Å². The first-order chi connectivity index (χ1) is 6.74. The van der Waals surface area contributed by atoms with Crippen LogP contribution in [0.5, 0.6) is 0 Å². The molecule has 0 amide bonds. The van der Waals surface area contributed by atoms with Crippen molar-refractivity contribution in [1.29, 1.82) is 0 Å². The van der Waals surface area contributed by atoms with Crippen molar-refractivity contribution in [2.45, 2.75) is 13.5 Å². The summed E-state index contributed by atoms with van der Waals surface area (Å²) in [5.41, 5.74) is 2.47. The lowest BCUT2D eigenvalue weighted by molar-refractivity contribution is 0.588. The second-order valence-corrected chi connectivity index (χ2v) is 4.00. The number of aromatic nitrogens is 3. The van der Waals surface area contributed by atoms with E-state index in [-0.39, 0.29) is 0 Å². The van der Waals surface area contributed by atoms with Crippen LogP contribution in [0.3, 0.4) is 0 Å². The van der Waals surface area contributed by atoms with Gasteiger partial charge in [-0.15, -0.1) is 5.10 Å². The molecule has 0 aliphatic carbocycles. The molecule has 1 heterocycles. The second-order valence-electron chi connectivity index (χ2n) is 3.18. The highest BCUT2D eigenvalue weighted by atomic mass is 79.9. The molecular formula is C10H10BrN3. The Balaban J connectivity index is 2.15. The zero-order chi connectivity index (χ0) is 9.97. The number of hydrogen-bond acceptors (Lipinski definition) is 2. The Bertz CT molecular complexity index is 419. The molecule has 0 radical (unpaired) electrons. The predicted molar refractivity (Wildman–Crippen MR) is 58.0 cm³/mol. The molecule has 0 fully saturated rings. The van der Waals surface area contributed by atoms with Gasteiger partial charge in [0.05, 0.1) is 12.7 Å². The van der Waals surface area contributed by atoms with Crippen LogP contribution in [0.15, 0.2) is 35.1 Å². The fourth-order valence-corrected chi connectivity index (χ4v) is 1.48. The third kappa shape index (κ3) is 2.20. The highest BCUT2D eigenvalue weighted by molar-refractivity contribution is 9.10. The molecular weight excluding hydrogens is 242 g/mol. The highest BCUT2D eigenvalue weighted by Gasteiger charge is 1.98. The van der Waals surface area contributed by atoms with Crippen molar-refractivity contribution in [3.63, 3.8) is 0 Å². The van der Waals surface area contributed by atoms with Gasteiger partial charge in [0.15, 0.2) is 0 Å². The van der Waals surface area contributed by atoms with Gasteiger partial charge < -0.3 is 0 Å². The number of halogens is 1. The maximum absolute atomic E-state index is 4.15. The largest absolute Gasteiger partial charge is 0.179 e. The molecule has 0 saturated carbocycles. The molecule has 0 saturated heterocycles. The van der Waals surface area contributed by atoms with Crippen LogP contribution in [0, 0.1) is 6.92 Å². The molecule has 0 aliphatic heterocycles. The van der Waals surface area contributed by atoms with Gasteiger partial charge in [0.2, 0.25) is 0 Å². The fourth-order valence-electron chi connectivity index (χ4n) is 1.21. The van der Waals surface area contributed by atoms with Crippen molar-refractivity contribution in [2.75, 3.05) is 0 Å². The molecule has 72 valence electrons. The molecule has 4 heteroatoms. The average molecular weight is 252 g/mol. The standard InChI is InChI=1S/C10H10BrN3/c1-8-2-4-9(5-3-8)7-14-12-6-10(11)13-14/h2-6H,7H2,1H3. The van der Waals surface area contributed by atoms with E-state index >= 15 is 0 Å². The lowest BCUT2D eigenvalue weighted by Crippen LogP contribution is -2.03. The number of aryl methyl sites for hydroxylation is 1. The summed E-state index contributed by atoms with van der Waals surface area (Å²) in [7, 11) is 0. The van der Waals surface area contributed by atoms with Gasteiger partial charge in [-0.25, -0.2) is 0 Å². The average Bonchev–Trinajstić information content (AvgIpc) is 2.56. The Labute approximate surface area is 90.9 Å². The Morgan fingerprint density at radius 2 is 2.00 bits per heavy atom. The van der Waals surface area contributed by atoms with Crippen LogP contribution in [-0.4, -0.2) is 15.0 Å². The van der Waals surface area contributed by atoms with Gasteiger partial charge in [0.25, 0.3) is 0 Å². The van der Waals surface area contributed by atoms with Gasteiger partial charge >= 0.3 is 0 Å². The van der Waals surface area contributed by atoms with Crippen molar-refractivity contribution in [1.82, 2.24) is 15.0 Å². The maximum atomic E-state index is 4.15. The van der Waals surface area contributed by atoms with Gasteiger partial charge in [-0.05, 0) is 28.4 Å². The van der Waals surface area contributed by atoms with Crippen LogP contribution >= 0.6 is 15.9 Å². The summed E-state index contributed by atoms with van der Waals surface area (Å²) in [6, 6.07) is 8.36. The van der Waals surface area contributed by atoms with Gasteiger partial charge in [0.1, 0.15) is 4.60 Å². The minimum absolute atomic E-state index is 0.714. The summed E-state index contributed by atoms with van der Waals surface area (Å²) in [5, 5.41) is 8.24. The molecule has 0 N–H and O–H groups in total. The summed E-state index contributed by atoms with van der Waals surface area (Å²) in [6.07, 6.45) is 1.69. The van der Waals surface area contributed by atoms with Gasteiger partial charge in [-0.2, -0.15) is 9.90 Å². The lowest BCUT2D eigenvalue weighted by Gasteiger charge is -2.00. The van der Waals surface area contributed by atoms with E-state index in [0.717, 1.165) is 4.60 Å². The maximum Gasteiger partial charge on any atom is 0.148 e. The van der Waals surface area contributed by atoms with Crippen molar-refractivity contribution in [3.05, 3.63) is 46.2 Å². The Hall–Kier alpha value is -1.16. The van der Waals surface area contributed by atoms with Crippen molar-refractivity contribution < 1.29 is 0 Å². The molecule has 0 spiro atoms. The van der Waals surface area contributed by atoms with Crippen molar-refractivity contribution >= 4 is 15.9 Å². The minimum atomic E-state index is 0.714. The third-order valence-corrected chi connectivity index (χ3v) is 2.32. The molecule has 0 atom stereocenters. The van der Waals surface area contributed by atoms with E-state index in [1.807, 2.05) is 0 Å². The van der Waals surface area contributed by atoms with E-state index in [1.165, 1.54) is 11.1 Å². The molecule has 14 heavy (non-hydrogen) atoms. The number of rotatable bonds is 2. The van der Waals surface area contributed by atoms with Crippen LogP contribution in [0.2, 0.25) is 0 Å². The first-order valence-corrected chi connectivity index (χ1v) is 5.14. The third-order valence-electron chi connectivity index (χ3n) is 1.95. The molecule has 1 aromatic heterocycles. The SMILES string of the molecule is Cc1ccc(Cn2ncc(Br)n2)cc1. The molecule has 0 aliphatic rings. The first kappa shape index (κ1) is 9.40. The van der Waals surface area contributed by atoms with E-state index in [2.05, 4.69) is 57.3 Å². The summed E-state index contributed by atoms with van der Waals surface area (Å²) in [6.45, 7) is 2.79. The van der Waals surface area contributed by atoms with Crippen molar-refractivity contribution in [2.24, 2.45) is 0 Å². The quantitative estimate of drug-likeness (QED) is 0.821. The number of nitrogens with zero attached hydrogens (tertiary/aromatic N) is 3. The summed E-state index contributed by atoms with van der Waals surface area (Å²) < 4.78 is 0.768. The highest BCUT2D eigenvalue weighted by Crippen LogP contribution is 2.06. The van der Waals surface area contributed by atoms with E-state index < -0.39 is 0 Å². The topological polar surface area (TPSA) is 30.7 Å². The van der Waals surface area contributed by atoms with Crippen LogP contribution in [0.1, 0.15) is 11.1 Å². The van der Waals surface area contributed by atoms with E-state index in [9.17, 15) is 0 Å². The fraction of sp³-hybridized carbons (Fsp3) is 0.200. The first-order valence-electron chi connectivity index (χ1n) is 4.35. The summed E-state index contributed by atoms with van der Waals surface area (Å²) in [4.78, 5) is 1.66. The Morgan fingerprint density at radius 3 is 2.57 bits per heavy atom.